The highest BCUT2D eigenvalue weighted by atomic mass is 16.6. The minimum Gasteiger partial charge on any atom is -0.508 e. The molecule has 2 rings (SSSR count). The summed E-state index contributed by atoms with van der Waals surface area (Å²) >= 11 is 0. The van der Waals surface area contributed by atoms with E-state index in [1.165, 1.54) is 12.1 Å². The first-order chi connectivity index (χ1) is 7.66. The molecule has 1 heterocycles. The van der Waals surface area contributed by atoms with E-state index in [4.69, 9.17) is 5.11 Å². The molecule has 6 nitrogen and oxygen atoms in total. The van der Waals surface area contributed by atoms with E-state index in [1.54, 1.807) is 12.1 Å². The van der Waals surface area contributed by atoms with Crippen LogP contribution in [0.4, 0.5) is 0 Å². The lowest BCUT2D eigenvalue weighted by Crippen LogP contribution is -2.01. The Labute approximate surface area is 90.1 Å². The van der Waals surface area contributed by atoms with Crippen LogP contribution in [-0.4, -0.2) is 26.5 Å². The first-order valence-corrected chi connectivity index (χ1v) is 4.49. The second-order valence-electron chi connectivity index (χ2n) is 3.18. The Morgan fingerprint density at radius 2 is 2.19 bits per heavy atom. The smallest absolute Gasteiger partial charge is 0.309 e. The predicted octanol–water partition coefficient (Wildman–Crippen LogP) is 1.07. The number of aromatic nitrogens is 2. The van der Waals surface area contributed by atoms with Crippen LogP contribution in [0.3, 0.4) is 0 Å². The lowest BCUT2D eigenvalue weighted by molar-refractivity contribution is -0.136. The maximum atomic E-state index is 10.6. The molecule has 0 fully saturated rings. The molecule has 0 saturated carbocycles. The number of phenolic OH excluding ortho intramolecular Hbond substituents is 1. The van der Waals surface area contributed by atoms with Crippen molar-refractivity contribution >= 4 is 5.97 Å². The number of nitrogens with zero attached hydrogens (tertiary/aromatic N) is 2. The Hall–Kier alpha value is -2.37. The minimum atomic E-state index is -1.02. The summed E-state index contributed by atoms with van der Waals surface area (Å²) in [6, 6.07) is 6.28. The van der Waals surface area contributed by atoms with Gasteiger partial charge in [-0.25, -0.2) is 4.63 Å². The Morgan fingerprint density at radius 3 is 2.88 bits per heavy atom. The highest BCUT2D eigenvalue weighted by Crippen LogP contribution is 2.24. The van der Waals surface area contributed by atoms with Crippen LogP contribution in [0.1, 0.15) is 5.69 Å². The molecule has 6 heteroatoms. The number of hydrogen-bond acceptors (Lipinski definition) is 5. The normalized spacial score (nSPS) is 10.2. The molecule has 16 heavy (non-hydrogen) atoms. The van der Waals surface area contributed by atoms with Gasteiger partial charge in [-0.1, -0.05) is 17.3 Å². The molecule has 0 spiro atoms. The monoisotopic (exact) mass is 220 g/mol. The zero-order valence-corrected chi connectivity index (χ0v) is 8.12. The van der Waals surface area contributed by atoms with Crippen molar-refractivity contribution < 1.29 is 19.6 Å². The van der Waals surface area contributed by atoms with E-state index in [9.17, 15) is 9.90 Å². The fourth-order valence-electron chi connectivity index (χ4n) is 1.34. The fraction of sp³-hybridized carbons (Fsp3) is 0.100. The molecule has 2 N–H and O–H groups in total. The van der Waals surface area contributed by atoms with Gasteiger partial charge >= 0.3 is 5.97 Å². The molecular weight excluding hydrogens is 212 g/mol. The Kier molecular flexibility index (Phi) is 2.55. The van der Waals surface area contributed by atoms with Gasteiger partial charge in [0.25, 0.3) is 0 Å². The Morgan fingerprint density at radius 1 is 1.38 bits per heavy atom. The lowest BCUT2D eigenvalue weighted by Gasteiger charge is -1.98. The largest absolute Gasteiger partial charge is 0.508 e. The van der Waals surface area contributed by atoms with Gasteiger partial charge in [-0.2, -0.15) is 0 Å². The first kappa shape index (κ1) is 10.2. The summed E-state index contributed by atoms with van der Waals surface area (Å²) < 4.78 is 4.50. The Balaban J connectivity index is 2.40. The van der Waals surface area contributed by atoms with Gasteiger partial charge in [0.1, 0.15) is 17.1 Å². The fourth-order valence-corrected chi connectivity index (χ4v) is 1.34. The summed E-state index contributed by atoms with van der Waals surface area (Å²) in [5, 5.41) is 25.1. The highest BCUT2D eigenvalue weighted by molar-refractivity contribution is 5.73. The second-order valence-corrected chi connectivity index (χ2v) is 3.18. The van der Waals surface area contributed by atoms with Gasteiger partial charge in [-0.05, 0) is 17.3 Å². The van der Waals surface area contributed by atoms with Crippen molar-refractivity contribution in [2.75, 3.05) is 0 Å². The van der Waals surface area contributed by atoms with Crippen LogP contribution in [0, 0.1) is 0 Å². The van der Waals surface area contributed by atoms with Crippen molar-refractivity contribution in [3.63, 3.8) is 0 Å². The summed E-state index contributed by atoms with van der Waals surface area (Å²) in [5.41, 5.74) is 1.13. The number of benzene rings is 1. The van der Waals surface area contributed by atoms with Crippen LogP contribution in [0.15, 0.2) is 28.9 Å². The zero-order valence-electron chi connectivity index (χ0n) is 8.12. The topological polar surface area (TPSA) is 96.5 Å². The van der Waals surface area contributed by atoms with Gasteiger partial charge in [-0.3, -0.25) is 4.79 Å². The molecule has 82 valence electrons. The van der Waals surface area contributed by atoms with Gasteiger partial charge in [0, 0.05) is 5.56 Å². The third-order valence-corrected chi connectivity index (χ3v) is 1.99. The maximum Gasteiger partial charge on any atom is 0.309 e. The van der Waals surface area contributed by atoms with Crippen LogP contribution >= 0.6 is 0 Å². The minimum absolute atomic E-state index is 0.0711. The number of aromatic hydroxyl groups is 1. The molecule has 0 saturated heterocycles. The SMILES string of the molecule is O=C(O)Cc1nonc1-c1cccc(O)c1. The molecule has 0 radical (unpaired) electrons. The molecule has 1 aromatic carbocycles. The molecule has 0 unspecified atom stereocenters. The van der Waals surface area contributed by atoms with Gasteiger partial charge < -0.3 is 10.2 Å². The molecule has 1 aromatic heterocycles. The number of carbonyl (C=O) groups is 1. The van der Waals surface area contributed by atoms with Gasteiger partial charge in [0.2, 0.25) is 0 Å². The molecule has 2 aromatic rings. The predicted molar refractivity (Wildman–Crippen MR) is 52.7 cm³/mol. The van der Waals surface area contributed by atoms with Crippen molar-refractivity contribution in [1.82, 2.24) is 10.3 Å². The molecule has 0 aliphatic heterocycles. The van der Waals surface area contributed by atoms with Gasteiger partial charge in [0.05, 0.1) is 6.42 Å². The van der Waals surface area contributed by atoms with Crippen LogP contribution in [-0.2, 0) is 11.2 Å². The van der Waals surface area contributed by atoms with E-state index in [1.807, 2.05) is 0 Å². The molecule has 0 amide bonds. The van der Waals surface area contributed by atoms with Crippen molar-refractivity contribution in [2.24, 2.45) is 0 Å². The van der Waals surface area contributed by atoms with E-state index >= 15 is 0 Å². The molecule has 0 aliphatic carbocycles. The summed E-state index contributed by atoms with van der Waals surface area (Å²) in [7, 11) is 0. The average Bonchev–Trinajstić information content (AvgIpc) is 2.65. The number of carboxylic acids is 1. The molecular formula is C10H8N2O4. The number of phenols is 1. The highest BCUT2D eigenvalue weighted by Gasteiger charge is 2.15. The Bertz CT molecular complexity index is 521. The van der Waals surface area contributed by atoms with Gasteiger partial charge in [0.15, 0.2) is 0 Å². The van der Waals surface area contributed by atoms with E-state index in [2.05, 4.69) is 14.9 Å². The van der Waals surface area contributed by atoms with Crippen molar-refractivity contribution in [1.29, 1.82) is 0 Å². The zero-order chi connectivity index (χ0) is 11.5. The van der Waals surface area contributed by atoms with Crippen LogP contribution in [0.2, 0.25) is 0 Å². The van der Waals surface area contributed by atoms with Crippen LogP contribution < -0.4 is 0 Å². The standard InChI is InChI=1S/C10H8N2O4/c13-7-3-1-2-6(4-7)10-8(5-9(14)15)11-16-12-10/h1-4,13H,5H2,(H,14,15). The van der Waals surface area contributed by atoms with Crippen molar-refractivity contribution in [3.05, 3.63) is 30.0 Å². The number of carboxylic acid groups (broad SMARTS) is 1. The number of rotatable bonds is 3. The maximum absolute atomic E-state index is 10.6. The van der Waals surface area contributed by atoms with Crippen LogP contribution in [0.25, 0.3) is 11.3 Å². The van der Waals surface area contributed by atoms with E-state index in [-0.39, 0.29) is 17.9 Å². The number of aliphatic carboxylic acids is 1. The molecule has 0 bridgehead atoms. The van der Waals surface area contributed by atoms with Crippen molar-refractivity contribution in [2.45, 2.75) is 6.42 Å². The van der Waals surface area contributed by atoms with Crippen LogP contribution in [0.5, 0.6) is 5.75 Å². The van der Waals surface area contributed by atoms with Gasteiger partial charge in [-0.15, -0.1) is 0 Å². The summed E-state index contributed by atoms with van der Waals surface area (Å²) in [6.45, 7) is 0. The third-order valence-electron chi connectivity index (χ3n) is 1.99. The molecule has 0 atom stereocenters. The molecule has 0 aliphatic rings. The number of hydrogen-bond donors (Lipinski definition) is 2. The summed E-state index contributed by atoms with van der Waals surface area (Å²) in [6.07, 6.45) is -0.269. The first-order valence-electron chi connectivity index (χ1n) is 4.49. The lowest BCUT2D eigenvalue weighted by atomic mass is 10.1. The van der Waals surface area contributed by atoms with Crippen molar-refractivity contribution in [3.8, 4) is 17.0 Å². The average molecular weight is 220 g/mol. The van der Waals surface area contributed by atoms with E-state index in [0.29, 0.717) is 11.3 Å². The summed E-state index contributed by atoms with van der Waals surface area (Å²) in [5.74, 6) is -0.945. The quantitative estimate of drug-likeness (QED) is 0.803. The third kappa shape index (κ3) is 2.00. The van der Waals surface area contributed by atoms with E-state index < -0.39 is 5.97 Å². The summed E-state index contributed by atoms with van der Waals surface area (Å²) in [4.78, 5) is 10.6. The van der Waals surface area contributed by atoms with E-state index in [0.717, 1.165) is 0 Å². The second kappa shape index (κ2) is 4.01.